The van der Waals surface area contributed by atoms with Crippen molar-refractivity contribution in [1.29, 1.82) is 0 Å². The first kappa shape index (κ1) is 21.4. The van der Waals surface area contributed by atoms with E-state index in [9.17, 15) is 9.90 Å². The number of nitrogens with zero attached hydrogens (tertiary/aromatic N) is 1. The number of likely N-dealkylation sites (N-methyl/N-ethyl adjacent to an activating group) is 1. The number of unbranched alkanes of at least 4 members (excludes halogenated alkanes) is 8. The van der Waals surface area contributed by atoms with Crippen LogP contribution in [0.5, 0.6) is 0 Å². The van der Waals surface area contributed by atoms with Crippen molar-refractivity contribution in [3.8, 4) is 0 Å². The summed E-state index contributed by atoms with van der Waals surface area (Å²) >= 11 is 0. The van der Waals surface area contributed by atoms with Crippen molar-refractivity contribution in [2.45, 2.75) is 83.7 Å². The molecule has 0 saturated carbocycles. The zero-order valence-corrected chi connectivity index (χ0v) is 15.5. The van der Waals surface area contributed by atoms with E-state index in [4.69, 9.17) is 0 Å². The Morgan fingerprint density at radius 3 is 1.73 bits per heavy atom. The highest BCUT2D eigenvalue weighted by molar-refractivity contribution is 5.74. The van der Waals surface area contributed by atoms with Gasteiger partial charge in [0.2, 0.25) is 0 Å². The lowest BCUT2D eigenvalue weighted by Crippen LogP contribution is -2.73. The van der Waals surface area contributed by atoms with Gasteiger partial charge >= 0.3 is 0 Å². The van der Waals surface area contributed by atoms with Gasteiger partial charge < -0.3 is 14.4 Å². The maximum atomic E-state index is 11.6. The van der Waals surface area contributed by atoms with Crippen LogP contribution in [0.25, 0.3) is 0 Å². The van der Waals surface area contributed by atoms with Crippen LogP contribution in [-0.4, -0.2) is 43.8 Å². The summed E-state index contributed by atoms with van der Waals surface area (Å²) in [7, 11) is 5.72. The van der Waals surface area contributed by atoms with E-state index in [-0.39, 0.29) is 0 Å². The average molecular weight is 315 g/mol. The Morgan fingerprint density at radius 2 is 1.36 bits per heavy atom. The summed E-state index contributed by atoms with van der Waals surface area (Å²) in [6.45, 7) is 4.89. The van der Waals surface area contributed by atoms with E-state index in [1.807, 2.05) is 28.1 Å². The van der Waals surface area contributed by atoms with E-state index in [0.717, 1.165) is 13.0 Å². The Labute approximate surface area is 137 Å². The molecule has 0 aromatic rings. The molecule has 0 fully saturated rings. The Balaban J connectivity index is 3.90. The molecular formula is C18H38N2O2. The van der Waals surface area contributed by atoms with Crippen LogP contribution in [0.4, 0.5) is 0 Å². The first-order chi connectivity index (χ1) is 10.3. The van der Waals surface area contributed by atoms with E-state index < -0.39 is 11.6 Å². The lowest BCUT2D eigenvalue weighted by Gasteiger charge is -2.46. The highest BCUT2D eigenvalue weighted by Crippen LogP contribution is 2.19. The molecule has 22 heavy (non-hydrogen) atoms. The topological polar surface area (TPSA) is 52.2 Å². The fraction of sp³-hybridized carbons (Fsp3) is 0.944. The van der Waals surface area contributed by atoms with Crippen molar-refractivity contribution in [2.24, 2.45) is 0 Å². The third-order valence-electron chi connectivity index (χ3n) is 4.69. The lowest BCUT2D eigenvalue weighted by molar-refractivity contribution is -0.920. The molecule has 0 spiro atoms. The summed E-state index contributed by atoms with van der Waals surface area (Å²) in [6, 6.07) is 0. The normalized spacial score (nSPS) is 14.8. The molecule has 1 unspecified atom stereocenters. The third-order valence-corrected chi connectivity index (χ3v) is 4.69. The summed E-state index contributed by atoms with van der Waals surface area (Å²) in [5, 5.41) is 14.9. The first-order valence-electron chi connectivity index (χ1n) is 9.09. The van der Waals surface area contributed by atoms with Crippen LogP contribution in [0, 0.1) is 0 Å². The van der Waals surface area contributed by atoms with Crippen molar-refractivity contribution in [1.82, 2.24) is 5.32 Å². The molecule has 4 heteroatoms. The minimum absolute atomic E-state index is 0.337. The lowest BCUT2D eigenvalue weighted by atomic mass is 10.0. The molecule has 0 amide bonds. The van der Waals surface area contributed by atoms with E-state index in [1.54, 1.807) is 0 Å². The second-order valence-corrected chi connectivity index (χ2v) is 7.27. The van der Waals surface area contributed by atoms with Crippen molar-refractivity contribution in [3.05, 3.63) is 0 Å². The van der Waals surface area contributed by atoms with Crippen LogP contribution in [0.15, 0.2) is 0 Å². The number of nitrogens with one attached hydrogen (secondary N) is 1. The van der Waals surface area contributed by atoms with E-state index in [1.165, 1.54) is 51.4 Å². The monoisotopic (exact) mass is 314 g/mol. The minimum Gasteiger partial charge on any atom is -0.543 e. The molecule has 0 aliphatic heterocycles. The molecule has 132 valence electrons. The van der Waals surface area contributed by atoms with Crippen LogP contribution in [0.2, 0.25) is 0 Å². The van der Waals surface area contributed by atoms with Gasteiger partial charge in [-0.2, -0.15) is 0 Å². The number of carboxylic acid groups (broad SMARTS) is 1. The fourth-order valence-corrected chi connectivity index (χ4v) is 3.06. The Kier molecular flexibility index (Phi) is 10.7. The molecular weight excluding hydrogens is 276 g/mol. The molecule has 0 aromatic carbocycles. The summed E-state index contributed by atoms with van der Waals surface area (Å²) in [5.74, 6) is -1.00. The van der Waals surface area contributed by atoms with Gasteiger partial charge in [-0.05, 0) is 6.42 Å². The van der Waals surface area contributed by atoms with Gasteiger partial charge in [0.15, 0.2) is 5.66 Å². The van der Waals surface area contributed by atoms with Crippen molar-refractivity contribution < 1.29 is 14.4 Å². The molecule has 1 atom stereocenters. The van der Waals surface area contributed by atoms with Gasteiger partial charge in [-0.25, -0.2) is 0 Å². The van der Waals surface area contributed by atoms with Crippen molar-refractivity contribution in [3.63, 3.8) is 0 Å². The molecule has 1 N–H and O–H groups in total. The largest absolute Gasteiger partial charge is 0.543 e. The van der Waals surface area contributed by atoms with Crippen LogP contribution in [0.3, 0.4) is 0 Å². The molecule has 0 bridgehead atoms. The number of rotatable bonds is 14. The zero-order chi connectivity index (χ0) is 17.1. The minimum atomic E-state index is -1.00. The molecule has 0 aliphatic carbocycles. The van der Waals surface area contributed by atoms with Gasteiger partial charge in [0.1, 0.15) is 5.97 Å². The van der Waals surface area contributed by atoms with Gasteiger partial charge in [0.05, 0.1) is 21.1 Å². The quantitative estimate of drug-likeness (QED) is 0.305. The van der Waals surface area contributed by atoms with Crippen LogP contribution in [0.1, 0.15) is 78.1 Å². The molecule has 0 heterocycles. The van der Waals surface area contributed by atoms with Gasteiger partial charge in [0, 0.05) is 13.0 Å². The highest BCUT2D eigenvalue weighted by Gasteiger charge is 2.42. The van der Waals surface area contributed by atoms with E-state index >= 15 is 0 Å². The van der Waals surface area contributed by atoms with Crippen LogP contribution in [-0.2, 0) is 4.79 Å². The number of carboxylic acids is 1. The fourth-order valence-electron chi connectivity index (χ4n) is 3.06. The van der Waals surface area contributed by atoms with E-state index in [0.29, 0.717) is 10.9 Å². The third kappa shape index (κ3) is 7.10. The Hall–Kier alpha value is -0.610. The second kappa shape index (κ2) is 11.0. The number of carbonyl (C=O) groups is 1. The van der Waals surface area contributed by atoms with Gasteiger partial charge in [-0.3, -0.25) is 5.32 Å². The standard InChI is InChI=1S/C18H38N2O2/c1-6-8-9-10-11-12-13-14-15-16-19-18(7-2,17(21)22)20(3,4)5/h19H,6-16H2,1-5H3. The molecule has 0 saturated heterocycles. The van der Waals surface area contributed by atoms with Crippen molar-refractivity contribution in [2.75, 3.05) is 27.7 Å². The number of hydrogen-bond acceptors (Lipinski definition) is 3. The first-order valence-corrected chi connectivity index (χ1v) is 9.09. The second-order valence-electron chi connectivity index (χ2n) is 7.27. The van der Waals surface area contributed by atoms with Gasteiger partial charge in [-0.1, -0.05) is 65.2 Å². The van der Waals surface area contributed by atoms with Gasteiger partial charge in [-0.15, -0.1) is 0 Å². The summed E-state index contributed by atoms with van der Waals surface area (Å²) in [4.78, 5) is 11.6. The number of quaternary nitrogens is 1. The summed E-state index contributed by atoms with van der Waals surface area (Å²) in [6.07, 6.45) is 12.0. The Morgan fingerprint density at radius 1 is 0.909 bits per heavy atom. The van der Waals surface area contributed by atoms with Crippen LogP contribution >= 0.6 is 0 Å². The summed E-state index contributed by atoms with van der Waals surface area (Å²) < 4.78 is 0.337. The smallest absolute Gasteiger partial charge is 0.193 e. The van der Waals surface area contributed by atoms with Crippen molar-refractivity contribution >= 4 is 5.97 Å². The number of aliphatic carboxylic acids is 1. The predicted octanol–water partition coefficient (Wildman–Crippen LogP) is 2.67. The number of hydrogen-bond donors (Lipinski definition) is 1. The zero-order valence-electron chi connectivity index (χ0n) is 15.5. The average Bonchev–Trinajstić information content (AvgIpc) is 2.43. The molecule has 0 aromatic heterocycles. The number of carbonyl (C=O) groups excluding carboxylic acids is 1. The molecule has 4 nitrogen and oxygen atoms in total. The molecule has 0 rings (SSSR count). The highest BCUT2D eigenvalue weighted by atomic mass is 16.4. The predicted molar refractivity (Wildman–Crippen MR) is 91.3 cm³/mol. The molecule has 0 radical (unpaired) electrons. The van der Waals surface area contributed by atoms with Gasteiger partial charge in [0.25, 0.3) is 0 Å². The Bertz CT molecular complexity index is 300. The maximum Gasteiger partial charge on any atom is 0.193 e. The van der Waals surface area contributed by atoms with Crippen LogP contribution < -0.4 is 10.4 Å². The van der Waals surface area contributed by atoms with E-state index in [2.05, 4.69) is 12.2 Å². The molecule has 0 aliphatic rings. The summed E-state index contributed by atoms with van der Waals surface area (Å²) in [5.41, 5.74) is -0.986. The maximum absolute atomic E-state index is 11.6. The SMILES string of the molecule is CCCCCCCCCCCNC(CC)(C(=O)[O-])[N+](C)(C)C.